The molecule has 0 radical (unpaired) electrons. The van der Waals surface area contributed by atoms with Gasteiger partial charge in [0.05, 0.1) is 0 Å². The van der Waals surface area contributed by atoms with Gasteiger partial charge in [0.1, 0.15) is 11.4 Å². The van der Waals surface area contributed by atoms with Crippen molar-refractivity contribution in [2.24, 2.45) is 4.88 Å². The van der Waals surface area contributed by atoms with Gasteiger partial charge in [-0.25, -0.2) is 0 Å². The van der Waals surface area contributed by atoms with Crippen LogP contribution in [-0.4, -0.2) is 6.26 Å². The third-order valence-corrected chi connectivity index (χ3v) is 1.96. The van der Waals surface area contributed by atoms with Crippen LogP contribution in [0.2, 0.25) is 0 Å². The zero-order valence-electron chi connectivity index (χ0n) is 3.61. The van der Waals surface area contributed by atoms with Gasteiger partial charge in [-0.05, 0) is 4.57 Å². The number of rotatable bonds is 2. The van der Waals surface area contributed by atoms with Crippen LogP contribution in [0, 0.1) is 0 Å². The molecule has 1 atom stereocenters. The number of nitrogens with zero attached hydrogens (tertiary/aromatic N) is 3. The second kappa shape index (κ2) is 3.93. The molecule has 38 valence electrons. The minimum absolute atomic E-state index is 1.04. The fourth-order valence-electron chi connectivity index (χ4n) is 0.0692. The highest BCUT2D eigenvalue weighted by Gasteiger charge is 2.08. The first-order valence-electron chi connectivity index (χ1n) is 1.37. The molecule has 0 spiro atoms. The molecule has 4 nitrogen and oxygen atoms in total. The first-order chi connectivity index (χ1) is 3.31. The highest BCUT2D eigenvalue weighted by atomic mass is 32.7. The van der Waals surface area contributed by atoms with Crippen LogP contribution in [0.15, 0.2) is 4.88 Å². The SMILES string of the molecule is CS[P+](=O)N=[N+]=[N-]. The molecule has 0 aromatic heterocycles. The number of azide groups is 1. The van der Waals surface area contributed by atoms with Crippen LogP contribution in [0.3, 0.4) is 0 Å². The van der Waals surface area contributed by atoms with Crippen molar-refractivity contribution < 1.29 is 4.57 Å². The molecule has 7 heavy (non-hydrogen) atoms. The number of hydrogen-bond donors (Lipinski definition) is 0. The highest BCUT2D eigenvalue weighted by molar-refractivity contribution is 8.50. The topological polar surface area (TPSA) is 65.8 Å². The summed E-state index contributed by atoms with van der Waals surface area (Å²) in [5.41, 5.74) is 7.63. The minimum Gasteiger partial charge on any atom is -0.0422 e. The molecule has 0 aliphatic rings. The molecule has 0 amide bonds. The van der Waals surface area contributed by atoms with Crippen LogP contribution < -0.4 is 0 Å². The summed E-state index contributed by atoms with van der Waals surface area (Å²) in [5, 5.41) is 0. The van der Waals surface area contributed by atoms with E-state index in [0.717, 1.165) is 11.4 Å². The molecule has 0 aliphatic carbocycles. The Morgan fingerprint density at radius 1 is 2.00 bits per heavy atom. The molecule has 0 heterocycles. The second-order valence-corrected chi connectivity index (χ2v) is 3.65. The Hall–Kier alpha value is -0.240. The zero-order chi connectivity index (χ0) is 5.70. The molecular weight excluding hydrogens is 133 g/mol. The van der Waals surface area contributed by atoms with Gasteiger partial charge in [0.25, 0.3) is 0 Å². The summed E-state index contributed by atoms with van der Waals surface area (Å²) in [6.07, 6.45) is 1.62. The van der Waals surface area contributed by atoms with E-state index in [2.05, 4.69) is 9.80 Å². The normalized spacial score (nSPS) is 9.57. The van der Waals surface area contributed by atoms with E-state index in [1.165, 1.54) is 0 Å². The summed E-state index contributed by atoms with van der Waals surface area (Å²) in [7, 11) is -1.70. The molecule has 6 heteroatoms. The summed E-state index contributed by atoms with van der Waals surface area (Å²) in [6.45, 7) is 0. The maximum absolute atomic E-state index is 10.1. The Labute approximate surface area is 45.5 Å². The summed E-state index contributed by atoms with van der Waals surface area (Å²) in [5.74, 6) is 0. The molecule has 0 saturated carbocycles. The van der Waals surface area contributed by atoms with Gasteiger partial charge < -0.3 is 0 Å². The van der Waals surface area contributed by atoms with E-state index in [0.29, 0.717) is 0 Å². The molecular formula is CH3N3OPS+. The van der Waals surface area contributed by atoms with E-state index in [1.807, 2.05) is 0 Å². The molecule has 0 rings (SSSR count). The Morgan fingerprint density at radius 2 is 2.57 bits per heavy atom. The lowest BCUT2D eigenvalue weighted by Gasteiger charge is -1.53. The lowest BCUT2D eigenvalue weighted by atomic mass is 12.0. The third kappa shape index (κ3) is 3.59. The Bertz CT molecular complexity index is 118. The van der Waals surface area contributed by atoms with Crippen molar-refractivity contribution in [3.05, 3.63) is 10.4 Å². The fourth-order valence-corrected chi connectivity index (χ4v) is 0.525. The summed E-state index contributed by atoms with van der Waals surface area (Å²) >= 11 is 1.04. The summed E-state index contributed by atoms with van der Waals surface area (Å²) in [4.78, 5) is 5.22. The van der Waals surface area contributed by atoms with E-state index < -0.39 is 7.15 Å². The average molecular weight is 136 g/mol. The van der Waals surface area contributed by atoms with E-state index in [4.69, 9.17) is 5.53 Å². The Morgan fingerprint density at radius 3 is 2.71 bits per heavy atom. The van der Waals surface area contributed by atoms with Gasteiger partial charge in [-0.15, -0.1) is 0 Å². The van der Waals surface area contributed by atoms with Gasteiger partial charge in [0.2, 0.25) is 0 Å². The third-order valence-electron chi connectivity index (χ3n) is 0.269. The van der Waals surface area contributed by atoms with Gasteiger partial charge >= 0.3 is 7.15 Å². The van der Waals surface area contributed by atoms with Gasteiger partial charge in [-0.1, -0.05) is 0 Å². The monoisotopic (exact) mass is 136 g/mol. The quantitative estimate of drug-likeness (QED) is 0.253. The van der Waals surface area contributed by atoms with Gasteiger partial charge in [0.15, 0.2) is 4.88 Å². The van der Waals surface area contributed by atoms with Crippen LogP contribution in [0.5, 0.6) is 0 Å². The van der Waals surface area contributed by atoms with Crippen LogP contribution >= 0.6 is 18.5 Å². The minimum atomic E-state index is -1.70. The fraction of sp³-hybridized carbons (Fsp3) is 1.00. The van der Waals surface area contributed by atoms with Crippen molar-refractivity contribution >= 4 is 18.5 Å². The second-order valence-electron chi connectivity index (χ2n) is 0.599. The Balaban J connectivity index is 3.58. The van der Waals surface area contributed by atoms with E-state index in [1.54, 1.807) is 6.26 Å². The molecule has 1 unspecified atom stereocenters. The predicted octanol–water partition coefficient (Wildman–Crippen LogP) is 2.32. The predicted molar refractivity (Wildman–Crippen MR) is 30.3 cm³/mol. The van der Waals surface area contributed by atoms with E-state index in [9.17, 15) is 4.57 Å². The van der Waals surface area contributed by atoms with Crippen LogP contribution in [0.1, 0.15) is 0 Å². The van der Waals surface area contributed by atoms with Crippen molar-refractivity contribution in [1.29, 1.82) is 0 Å². The van der Waals surface area contributed by atoms with Crippen LogP contribution in [0.4, 0.5) is 0 Å². The standard InChI is InChI=1S/CH3N3OPS/c1-7-6(5)4-3-2/h1H3/q+1. The number of hydrogen-bond acceptors (Lipinski definition) is 2. The van der Waals surface area contributed by atoms with Crippen molar-refractivity contribution in [3.8, 4) is 0 Å². The maximum Gasteiger partial charge on any atom is 0.533 e. The van der Waals surface area contributed by atoms with Crippen molar-refractivity contribution in [2.45, 2.75) is 0 Å². The average Bonchev–Trinajstić information content (AvgIpc) is 1.68. The Kier molecular flexibility index (Phi) is 3.80. The molecule has 0 aromatic rings. The largest absolute Gasteiger partial charge is 0.533 e. The van der Waals surface area contributed by atoms with Crippen LogP contribution in [0.25, 0.3) is 10.4 Å². The zero-order valence-corrected chi connectivity index (χ0v) is 5.32. The van der Waals surface area contributed by atoms with Crippen molar-refractivity contribution in [3.63, 3.8) is 0 Å². The smallest absolute Gasteiger partial charge is 0.0422 e. The van der Waals surface area contributed by atoms with Crippen LogP contribution in [-0.2, 0) is 4.57 Å². The lowest BCUT2D eigenvalue weighted by molar-refractivity contribution is 0.597. The summed E-state index contributed by atoms with van der Waals surface area (Å²) in [6, 6.07) is 0. The molecule has 0 saturated heterocycles. The molecule has 0 fully saturated rings. The molecule has 0 bridgehead atoms. The van der Waals surface area contributed by atoms with Gasteiger partial charge in [-0.2, -0.15) is 0 Å². The van der Waals surface area contributed by atoms with Gasteiger partial charge in [0, 0.05) is 16.7 Å². The maximum atomic E-state index is 10.1. The molecule has 0 aromatic carbocycles. The van der Waals surface area contributed by atoms with E-state index in [-0.39, 0.29) is 0 Å². The first kappa shape index (κ1) is 6.76. The van der Waals surface area contributed by atoms with Gasteiger partial charge in [-0.3, -0.25) is 0 Å². The molecule has 0 aliphatic heterocycles. The van der Waals surface area contributed by atoms with E-state index >= 15 is 0 Å². The van der Waals surface area contributed by atoms with Crippen molar-refractivity contribution in [1.82, 2.24) is 0 Å². The summed E-state index contributed by atoms with van der Waals surface area (Å²) < 4.78 is 10.1. The lowest BCUT2D eigenvalue weighted by Crippen LogP contribution is -1.33. The first-order valence-corrected chi connectivity index (χ1v) is 4.42. The highest BCUT2D eigenvalue weighted by Crippen LogP contribution is 2.35. The van der Waals surface area contributed by atoms with Crippen molar-refractivity contribution in [2.75, 3.05) is 6.26 Å². The molecule has 0 N–H and O–H groups in total.